The van der Waals surface area contributed by atoms with E-state index >= 15 is 0 Å². The molecule has 0 bridgehead atoms. The number of aromatic hydroxyl groups is 2. The smallest absolute Gasteiger partial charge is 0.118 e. The Labute approximate surface area is 163 Å². The number of furan rings is 1. The van der Waals surface area contributed by atoms with Crippen molar-refractivity contribution in [3.8, 4) is 24.3 Å². The zero-order valence-corrected chi connectivity index (χ0v) is 17.1. The molecule has 3 heteroatoms. The molecule has 3 aromatic rings. The van der Waals surface area contributed by atoms with Crippen molar-refractivity contribution in [2.24, 2.45) is 0 Å². The quantitative estimate of drug-likeness (QED) is 0.468. The van der Waals surface area contributed by atoms with Gasteiger partial charge in [-0.15, -0.1) is 12.8 Å². The first-order valence-electron chi connectivity index (χ1n) is 8.58. The highest BCUT2D eigenvalue weighted by Crippen LogP contribution is 2.16. The lowest BCUT2D eigenvalue weighted by molar-refractivity contribution is 0.470. The summed E-state index contributed by atoms with van der Waals surface area (Å²) in [6, 6.07) is 15.1. The average molecular weight is 367 g/mol. The summed E-state index contributed by atoms with van der Waals surface area (Å²) in [6.07, 6.45) is 8.00. The van der Waals surface area contributed by atoms with Gasteiger partial charge in [0.15, 0.2) is 0 Å². The minimum absolute atomic E-state index is 0.376. The molecule has 144 valence electrons. The molecule has 0 spiro atoms. The summed E-state index contributed by atoms with van der Waals surface area (Å²) in [5.74, 6) is 2.73. The molecule has 0 saturated carbocycles. The SMILES string of the molecule is C#C.Cc1ccc(C)c(O)c1.Cc1ccc(C)o1.Cc1ccc(O)c(C)c1. The van der Waals surface area contributed by atoms with Crippen LogP contribution in [0.4, 0.5) is 0 Å². The van der Waals surface area contributed by atoms with Crippen molar-refractivity contribution in [2.75, 3.05) is 0 Å². The molecule has 0 aliphatic heterocycles. The van der Waals surface area contributed by atoms with Gasteiger partial charge in [-0.2, -0.15) is 0 Å². The summed E-state index contributed by atoms with van der Waals surface area (Å²) < 4.78 is 5.08. The summed E-state index contributed by atoms with van der Waals surface area (Å²) >= 11 is 0. The Bertz CT molecular complexity index is 776. The van der Waals surface area contributed by atoms with Gasteiger partial charge in [0.25, 0.3) is 0 Å². The molecule has 1 heterocycles. The monoisotopic (exact) mass is 366 g/mol. The molecule has 2 aromatic carbocycles. The van der Waals surface area contributed by atoms with E-state index in [4.69, 9.17) is 14.6 Å². The second-order valence-electron chi connectivity index (χ2n) is 6.24. The zero-order chi connectivity index (χ0) is 21.0. The highest BCUT2D eigenvalue weighted by Gasteiger charge is 1.92. The van der Waals surface area contributed by atoms with Gasteiger partial charge in [-0.25, -0.2) is 0 Å². The maximum Gasteiger partial charge on any atom is 0.118 e. The highest BCUT2D eigenvalue weighted by molar-refractivity contribution is 5.34. The van der Waals surface area contributed by atoms with E-state index in [1.165, 1.54) is 5.56 Å². The van der Waals surface area contributed by atoms with E-state index in [0.717, 1.165) is 28.2 Å². The zero-order valence-electron chi connectivity index (χ0n) is 17.1. The molecule has 0 aliphatic rings. The summed E-state index contributed by atoms with van der Waals surface area (Å²) in [6.45, 7) is 11.6. The molecule has 1 aromatic heterocycles. The van der Waals surface area contributed by atoms with E-state index in [0.29, 0.717) is 11.5 Å². The number of benzene rings is 2. The maximum atomic E-state index is 9.10. The van der Waals surface area contributed by atoms with Crippen LogP contribution in [0.2, 0.25) is 0 Å². The molecule has 2 N–H and O–H groups in total. The van der Waals surface area contributed by atoms with Gasteiger partial charge in [0.05, 0.1) is 0 Å². The van der Waals surface area contributed by atoms with E-state index in [-0.39, 0.29) is 0 Å². The van der Waals surface area contributed by atoms with Crippen LogP contribution in [-0.2, 0) is 0 Å². The van der Waals surface area contributed by atoms with Crippen molar-refractivity contribution >= 4 is 0 Å². The van der Waals surface area contributed by atoms with E-state index < -0.39 is 0 Å². The lowest BCUT2D eigenvalue weighted by Crippen LogP contribution is -1.75. The van der Waals surface area contributed by atoms with Gasteiger partial charge >= 0.3 is 0 Å². The largest absolute Gasteiger partial charge is 0.508 e. The first kappa shape index (κ1) is 23.9. The Morgan fingerprint density at radius 3 is 1.41 bits per heavy atom. The standard InChI is InChI=1S/2C8H10O.C6H8O.C2H2/c1-6-3-4-8(9)7(2)5-6;1-6-3-4-7(2)8(9)5-6;1-5-3-4-6(2)7-5;1-2/h2*3-5,9H,1-2H3;3-4H,1-2H3;1-2H. The van der Waals surface area contributed by atoms with Gasteiger partial charge in [0.2, 0.25) is 0 Å². The van der Waals surface area contributed by atoms with Crippen molar-refractivity contribution in [3.05, 3.63) is 82.3 Å². The predicted molar refractivity (Wildman–Crippen MR) is 113 cm³/mol. The van der Waals surface area contributed by atoms with Crippen molar-refractivity contribution in [2.45, 2.75) is 41.5 Å². The maximum absolute atomic E-state index is 9.10. The Kier molecular flexibility index (Phi) is 10.9. The third-order valence-corrected chi connectivity index (χ3v) is 3.59. The molecule has 0 radical (unpaired) electrons. The minimum Gasteiger partial charge on any atom is -0.508 e. The first-order valence-corrected chi connectivity index (χ1v) is 8.58. The van der Waals surface area contributed by atoms with Crippen LogP contribution in [0, 0.1) is 54.4 Å². The Hall–Kier alpha value is -3.12. The second kappa shape index (κ2) is 12.3. The molecule has 0 unspecified atom stereocenters. The molecule has 27 heavy (non-hydrogen) atoms. The number of hydrogen-bond acceptors (Lipinski definition) is 3. The molecule has 0 amide bonds. The average Bonchev–Trinajstić information content (AvgIpc) is 3.01. The van der Waals surface area contributed by atoms with Crippen LogP contribution in [0.5, 0.6) is 11.5 Å². The lowest BCUT2D eigenvalue weighted by atomic mass is 10.1. The predicted octanol–water partition coefficient (Wildman–Crippen LogP) is 6.16. The van der Waals surface area contributed by atoms with Crippen LogP contribution in [0.3, 0.4) is 0 Å². The number of aryl methyl sites for hydroxylation is 6. The van der Waals surface area contributed by atoms with Gasteiger partial charge in [-0.1, -0.05) is 29.8 Å². The van der Waals surface area contributed by atoms with Gasteiger partial charge in [0.1, 0.15) is 23.0 Å². The number of rotatable bonds is 0. The topological polar surface area (TPSA) is 53.6 Å². The van der Waals surface area contributed by atoms with E-state index in [9.17, 15) is 0 Å². The van der Waals surface area contributed by atoms with Crippen molar-refractivity contribution < 1.29 is 14.6 Å². The first-order chi connectivity index (χ1) is 12.7. The van der Waals surface area contributed by atoms with E-state index in [1.54, 1.807) is 12.1 Å². The van der Waals surface area contributed by atoms with Crippen LogP contribution in [0.1, 0.15) is 33.8 Å². The van der Waals surface area contributed by atoms with E-state index in [2.05, 4.69) is 12.8 Å². The Morgan fingerprint density at radius 2 is 1.07 bits per heavy atom. The molecular weight excluding hydrogens is 336 g/mol. The van der Waals surface area contributed by atoms with Crippen LogP contribution in [-0.4, -0.2) is 10.2 Å². The van der Waals surface area contributed by atoms with Crippen LogP contribution in [0.25, 0.3) is 0 Å². The number of hydrogen-bond donors (Lipinski definition) is 2. The fourth-order valence-electron chi connectivity index (χ4n) is 2.08. The van der Waals surface area contributed by atoms with Crippen molar-refractivity contribution in [1.29, 1.82) is 0 Å². The normalized spacial score (nSPS) is 8.89. The Morgan fingerprint density at radius 1 is 0.593 bits per heavy atom. The minimum atomic E-state index is 0.376. The fourth-order valence-corrected chi connectivity index (χ4v) is 2.08. The van der Waals surface area contributed by atoms with Crippen LogP contribution >= 0.6 is 0 Å². The van der Waals surface area contributed by atoms with Crippen molar-refractivity contribution in [3.63, 3.8) is 0 Å². The molecule has 0 aliphatic carbocycles. The van der Waals surface area contributed by atoms with Gasteiger partial charge in [0, 0.05) is 0 Å². The van der Waals surface area contributed by atoms with E-state index in [1.807, 2.05) is 77.9 Å². The highest BCUT2D eigenvalue weighted by atomic mass is 16.3. The molecular formula is C24H30O3. The van der Waals surface area contributed by atoms with Crippen molar-refractivity contribution in [1.82, 2.24) is 0 Å². The Balaban J connectivity index is 0.000000361. The van der Waals surface area contributed by atoms with Gasteiger partial charge < -0.3 is 14.6 Å². The van der Waals surface area contributed by atoms with Gasteiger partial charge in [-0.3, -0.25) is 0 Å². The van der Waals surface area contributed by atoms with Gasteiger partial charge in [-0.05, 0) is 82.5 Å². The molecule has 0 saturated heterocycles. The summed E-state index contributed by atoms with van der Waals surface area (Å²) in [4.78, 5) is 0. The number of terminal acetylenes is 1. The fraction of sp³-hybridized carbons (Fsp3) is 0.250. The summed E-state index contributed by atoms with van der Waals surface area (Å²) in [7, 11) is 0. The van der Waals surface area contributed by atoms with Crippen LogP contribution in [0.15, 0.2) is 52.9 Å². The third-order valence-electron chi connectivity index (χ3n) is 3.59. The molecule has 0 fully saturated rings. The molecule has 3 nitrogen and oxygen atoms in total. The third kappa shape index (κ3) is 9.81. The summed E-state index contributed by atoms with van der Waals surface area (Å²) in [5, 5.41) is 18.1. The number of phenolic OH excluding ortho intramolecular Hbond substituents is 2. The molecule has 3 rings (SSSR count). The second-order valence-corrected chi connectivity index (χ2v) is 6.24. The molecule has 0 atom stereocenters. The number of phenols is 2. The lowest BCUT2D eigenvalue weighted by Gasteiger charge is -1.97. The van der Waals surface area contributed by atoms with Crippen LogP contribution < -0.4 is 0 Å². The summed E-state index contributed by atoms with van der Waals surface area (Å²) in [5.41, 5.74) is 4.15.